The third kappa shape index (κ3) is 1.68. The molecule has 0 bridgehead atoms. The quantitative estimate of drug-likeness (QED) is 0.897. The van der Waals surface area contributed by atoms with E-state index >= 15 is 0 Å². The van der Waals surface area contributed by atoms with Crippen molar-refractivity contribution in [3.8, 4) is 0 Å². The van der Waals surface area contributed by atoms with Gasteiger partial charge in [0.15, 0.2) is 5.66 Å². The molecular formula is C13H13BrFN3. The molecule has 94 valence electrons. The molecule has 1 atom stereocenters. The Balaban J connectivity index is 2.14. The van der Waals surface area contributed by atoms with Gasteiger partial charge in [0, 0.05) is 11.5 Å². The molecule has 1 aromatic rings. The fourth-order valence-electron chi connectivity index (χ4n) is 2.36. The molecule has 0 amide bonds. The first-order chi connectivity index (χ1) is 8.53. The van der Waals surface area contributed by atoms with Crippen LogP contribution in [-0.2, 0) is 5.66 Å². The van der Waals surface area contributed by atoms with E-state index in [-0.39, 0.29) is 5.82 Å². The predicted molar refractivity (Wildman–Crippen MR) is 73.2 cm³/mol. The van der Waals surface area contributed by atoms with Crippen molar-refractivity contribution in [1.82, 2.24) is 0 Å². The normalized spacial score (nSPS) is 27.1. The molecule has 1 fully saturated rings. The van der Waals surface area contributed by atoms with Crippen LogP contribution < -0.4 is 5.73 Å². The van der Waals surface area contributed by atoms with E-state index in [0.29, 0.717) is 16.2 Å². The molecule has 0 spiro atoms. The van der Waals surface area contributed by atoms with Gasteiger partial charge in [0.2, 0.25) is 0 Å². The monoisotopic (exact) mass is 309 g/mol. The highest BCUT2D eigenvalue weighted by atomic mass is 79.9. The molecule has 0 aromatic heterocycles. The van der Waals surface area contributed by atoms with Gasteiger partial charge in [-0.1, -0.05) is 6.07 Å². The molecule has 1 saturated carbocycles. The first-order valence-electron chi connectivity index (χ1n) is 5.90. The van der Waals surface area contributed by atoms with Gasteiger partial charge in [-0.15, -0.1) is 0 Å². The van der Waals surface area contributed by atoms with E-state index in [0.717, 1.165) is 24.1 Å². The van der Waals surface area contributed by atoms with E-state index < -0.39 is 5.66 Å². The molecule has 1 heterocycles. The Morgan fingerprint density at radius 3 is 2.61 bits per heavy atom. The van der Waals surface area contributed by atoms with E-state index in [4.69, 9.17) is 5.73 Å². The largest absolute Gasteiger partial charge is 0.382 e. The Labute approximate surface area is 113 Å². The molecule has 1 aliphatic carbocycles. The maximum absolute atomic E-state index is 13.3. The molecule has 2 aliphatic rings. The second kappa shape index (κ2) is 3.88. The standard InChI is InChI=1S/C13H13BrFN3/c1-7-12(16)18-13(17-7,8-2-3-8)9-4-5-11(15)10(14)6-9/h4-6,8H,2-3H2,1H3,(H2,16,18)/t13-/m0/s1. The van der Waals surface area contributed by atoms with Crippen molar-refractivity contribution in [1.29, 1.82) is 0 Å². The summed E-state index contributed by atoms with van der Waals surface area (Å²) in [5, 5.41) is 0. The molecular weight excluding hydrogens is 297 g/mol. The van der Waals surface area contributed by atoms with Gasteiger partial charge in [0.25, 0.3) is 0 Å². The van der Waals surface area contributed by atoms with Gasteiger partial charge in [-0.05, 0) is 47.8 Å². The minimum Gasteiger partial charge on any atom is -0.382 e. The van der Waals surface area contributed by atoms with Crippen LogP contribution in [0.25, 0.3) is 0 Å². The van der Waals surface area contributed by atoms with Gasteiger partial charge in [0.1, 0.15) is 11.7 Å². The highest BCUT2D eigenvalue weighted by Crippen LogP contribution is 2.51. The minimum absolute atomic E-state index is 0.277. The van der Waals surface area contributed by atoms with E-state index in [9.17, 15) is 4.39 Å². The first kappa shape index (κ1) is 11.8. The van der Waals surface area contributed by atoms with Crippen molar-refractivity contribution in [3.63, 3.8) is 0 Å². The van der Waals surface area contributed by atoms with Crippen LogP contribution >= 0.6 is 15.9 Å². The second-order valence-electron chi connectivity index (χ2n) is 4.82. The maximum atomic E-state index is 13.3. The lowest BCUT2D eigenvalue weighted by Crippen LogP contribution is -2.23. The lowest BCUT2D eigenvalue weighted by atomic mass is 9.95. The lowest BCUT2D eigenvalue weighted by Gasteiger charge is -2.23. The highest BCUT2D eigenvalue weighted by Gasteiger charge is 2.49. The molecule has 1 aliphatic heterocycles. The minimum atomic E-state index is -0.621. The van der Waals surface area contributed by atoms with Crippen LogP contribution in [0.15, 0.2) is 32.7 Å². The van der Waals surface area contributed by atoms with Crippen molar-refractivity contribution in [2.75, 3.05) is 0 Å². The molecule has 0 unspecified atom stereocenters. The summed E-state index contributed by atoms with van der Waals surface area (Å²) in [4.78, 5) is 9.20. The molecule has 1 aromatic carbocycles. The zero-order chi connectivity index (χ0) is 12.9. The molecule has 18 heavy (non-hydrogen) atoms. The van der Waals surface area contributed by atoms with Gasteiger partial charge in [-0.3, -0.25) is 4.99 Å². The van der Waals surface area contributed by atoms with Crippen LogP contribution in [0.1, 0.15) is 25.3 Å². The Bertz CT molecular complexity index is 558. The van der Waals surface area contributed by atoms with Crippen molar-refractivity contribution in [3.05, 3.63) is 34.1 Å². The predicted octanol–water partition coefficient (Wildman–Crippen LogP) is 2.98. The van der Waals surface area contributed by atoms with Crippen molar-refractivity contribution in [2.45, 2.75) is 25.4 Å². The van der Waals surface area contributed by atoms with Crippen molar-refractivity contribution in [2.24, 2.45) is 21.6 Å². The average molecular weight is 310 g/mol. The number of hydrogen-bond acceptors (Lipinski definition) is 3. The topological polar surface area (TPSA) is 50.7 Å². The summed E-state index contributed by atoms with van der Waals surface area (Å²) in [5.74, 6) is 0.591. The Morgan fingerprint density at radius 2 is 2.11 bits per heavy atom. The summed E-state index contributed by atoms with van der Waals surface area (Å²) in [6, 6.07) is 4.95. The Kier molecular flexibility index (Phi) is 2.55. The number of amidine groups is 1. The highest BCUT2D eigenvalue weighted by molar-refractivity contribution is 9.10. The number of rotatable bonds is 2. The summed E-state index contributed by atoms with van der Waals surface area (Å²) in [6.07, 6.45) is 2.17. The third-order valence-corrected chi connectivity index (χ3v) is 4.10. The Morgan fingerprint density at radius 1 is 1.39 bits per heavy atom. The third-order valence-electron chi connectivity index (χ3n) is 3.49. The van der Waals surface area contributed by atoms with Crippen LogP contribution in [0.4, 0.5) is 4.39 Å². The average Bonchev–Trinajstić information content (AvgIpc) is 3.12. The number of aliphatic imine (C=N–C) groups is 2. The van der Waals surface area contributed by atoms with Crippen molar-refractivity contribution >= 4 is 27.5 Å². The molecule has 0 radical (unpaired) electrons. The van der Waals surface area contributed by atoms with Crippen LogP contribution in [0, 0.1) is 11.7 Å². The van der Waals surface area contributed by atoms with Crippen molar-refractivity contribution < 1.29 is 4.39 Å². The SMILES string of the molecule is CC1=N[C@@](c2ccc(F)c(Br)c2)(C2CC2)N=C1N. The number of hydrogen-bond donors (Lipinski definition) is 1. The number of nitrogens with two attached hydrogens (primary N) is 1. The van der Waals surface area contributed by atoms with Crippen LogP contribution in [0.2, 0.25) is 0 Å². The van der Waals surface area contributed by atoms with E-state index in [1.165, 1.54) is 6.07 Å². The van der Waals surface area contributed by atoms with Gasteiger partial charge >= 0.3 is 0 Å². The smallest absolute Gasteiger partial charge is 0.181 e. The summed E-state index contributed by atoms with van der Waals surface area (Å²) >= 11 is 3.21. The molecule has 5 heteroatoms. The first-order valence-corrected chi connectivity index (χ1v) is 6.70. The van der Waals surface area contributed by atoms with Crippen LogP contribution in [0.5, 0.6) is 0 Å². The molecule has 3 rings (SSSR count). The van der Waals surface area contributed by atoms with Crippen LogP contribution in [0.3, 0.4) is 0 Å². The number of benzene rings is 1. The Hall–Kier alpha value is -1.23. The summed E-state index contributed by atoms with van der Waals surface area (Å²) in [7, 11) is 0. The zero-order valence-corrected chi connectivity index (χ0v) is 11.5. The summed E-state index contributed by atoms with van der Waals surface area (Å²) in [5.41, 5.74) is 6.90. The molecule has 2 N–H and O–H groups in total. The number of halogens is 2. The summed E-state index contributed by atoms with van der Waals surface area (Å²) < 4.78 is 13.8. The van der Waals surface area contributed by atoms with Gasteiger partial charge in [0.05, 0.1) is 10.2 Å². The van der Waals surface area contributed by atoms with Gasteiger partial charge < -0.3 is 5.73 Å². The number of nitrogens with zero attached hydrogens (tertiary/aromatic N) is 2. The molecule has 0 saturated heterocycles. The lowest BCUT2D eigenvalue weighted by molar-refractivity contribution is 0.416. The van der Waals surface area contributed by atoms with E-state index in [1.54, 1.807) is 12.1 Å². The van der Waals surface area contributed by atoms with Gasteiger partial charge in [-0.2, -0.15) is 0 Å². The second-order valence-corrected chi connectivity index (χ2v) is 5.68. The fourth-order valence-corrected chi connectivity index (χ4v) is 2.74. The van der Waals surface area contributed by atoms with E-state index in [2.05, 4.69) is 25.9 Å². The maximum Gasteiger partial charge on any atom is 0.181 e. The van der Waals surface area contributed by atoms with E-state index in [1.807, 2.05) is 6.92 Å². The summed E-state index contributed by atoms with van der Waals surface area (Å²) in [6.45, 7) is 1.86. The zero-order valence-electron chi connectivity index (χ0n) is 9.95. The van der Waals surface area contributed by atoms with Crippen LogP contribution in [-0.4, -0.2) is 11.5 Å². The van der Waals surface area contributed by atoms with Gasteiger partial charge in [-0.25, -0.2) is 9.38 Å². The fraction of sp³-hybridized carbons (Fsp3) is 0.385. The molecule has 3 nitrogen and oxygen atoms in total.